The minimum absolute atomic E-state index is 0.0373. The highest BCUT2D eigenvalue weighted by atomic mass is 127. The molecular weight excluding hydrogens is 631 g/mol. The van der Waals surface area contributed by atoms with Gasteiger partial charge >= 0.3 is 0 Å². The van der Waals surface area contributed by atoms with Gasteiger partial charge in [0.05, 0.1) is 39.6 Å². The lowest BCUT2D eigenvalue weighted by atomic mass is 10.1. The number of phenolic OH excluding ortho intramolecular Hbond substituents is 1. The first-order chi connectivity index (χ1) is 18.9. The number of ether oxygens (including phenoxy) is 1. The van der Waals surface area contributed by atoms with Crippen molar-refractivity contribution in [3.63, 3.8) is 0 Å². The molecule has 1 N–H and O–H groups in total. The second-order valence-corrected chi connectivity index (χ2v) is 9.18. The maximum atomic E-state index is 13.1. The second kappa shape index (κ2) is 17.4. The average molecular weight is 663 g/mol. The van der Waals surface area contributed by atoms with Gasteiger partial charge in [-0.1, -0.05) is 56.3 Å². The number of methoxy groups -OCH3 is 1. The smallest absolute Gasteiger partial charge is 0.269 e. The van der Waals surface area contributed by atoms with E-state index >= 15 is 0 Å². The summed E-state index contributed by atoms with van der Waals surface area (Å²) < 4.78 is 9.55. The number of nitrogens with zero attached hydrogens (tertiary/aromatic N) is 2. The largest absolute Gasteiger partial charge is 0.508 e. The molecule has 0 radical (unpaired) electrons. The fourth-order valence-corrected chi connectivity index (χ4v) is 4.19. The second-order valence-electron chi connectivity index (χ2n) is 7.74. The molecule has 0 aromatic heterocycles. The lowest BCUT2D eigenvalue weighted by Gasteiger charge is -2.17. The summed E-state index contributed by atoms with van der Waals surface area (Å²) in [7, 11) is 2.99. The van der Waals surface area contributed by atoms with Gasteiger partial charge in [-0.2, -0.15) is 0 Å². The summed E-state index contributed by atoms with van der Waals surface area (Å²) >= 11 is 2.07. The maximum Gasteiger partial charge on any atom is 0.269 e. The van der Waals surface area contributed by atoms with Gasteiger partial charge in [-0.05, 0) is 47.5 Å². The van der Waals surface area contributed by atoms with Crippen molar-refractivity contribution in [3.8, 4) is 5.75 Å². The predicted octanol–water partition coefficient (Wildman–Crippen LogP) is 7.62. The Morgan fingerprint density at radius 1 is 1.03 bits per heavy atom. The van der Waals surface area contributed by atoms with E-state index in [4.69, 9.17) is 8.92 Å². The van der Waals surface area contributed by atoms with Crippen LogP contribution < -0.4 is 4.90 Å². The van der Waals surface area contributed by atoms with Gasteiger partial charge < -0.3 is 18.9 Å². The van der Waals surface area contributed by atoms with E-state index < -0.39 is 4.92 Å². The zero-order valence-electron chi connectivity index (χ0n) is 22.0. The molecule has 1 aliphatic heterocycles. The zero-order chi connectivity index (χ0) is 28.6. The lowest BCUT2D eigenvalue weighted by molar-refractivity contribution is -0.384. The summed E-state index contributed by atoms with van der Waals surface area (Å²) in [6.07, 6.45) is 5.34. The molecule has 0 aliphatic carbocycles. The summed E-state index contributed by atoms with van der Waals surface area (Å²) in [4.78, 5) is 25.1. The standard InChI is InChI=1S/C24H18N2O4.C3H7IO2S.C2H6/c27-20-14-10-18(11-15-20)16-25-23-7-2-1-5-21(23)22(24(25)28)6-3-4-17-8-12-19(13-9-17)26(29)30;1-5-2-3-6-7-4;1-2/h1-15,27H,16H2;2-3H2,1H3;1-2H3/b4-3+,22-6-;;. The molecule has 3 aromatic rings. The number of aromatic hydroxyl groups is 1. The fourth-order valence-electron chi connectivity index (χ4n) is 3.52. The molecule has 0 spiro atoms. The molecule has 0 unspecified atom stereocenters. The van der Waals surface area contributed by atoms with Crippen LogP contribution in [0, 0.1) is 10.1 Å². The molecule has 0 saturated heterocycles. The normalized spacial score (nSPS) is 13.0. The topological polar surface area (TPSA) is 102 Å². The van der Waals surface area contributed by atoms with Crippen LogP contribution >= 0.6 is 30.4 Å². The number of halogens is 1. The summed E-state index contributed by atoms with van der Waals surface area (Å²) in [6.45, 7) is 5.75. The number of fused-ring (bicyclic) bond motifs is 1. The first kappa shape index (κ1) is 32.0. The van der Waals surface area contributed by atoms with E-state index in [0.29, 0.717) is 25.3 Å². The molecule has 206 valence electrons. The highest BCUT2D eigenvalue weighted by Gasteiger charge is 2.31. The van der Waals surface area contributed by atoms with E-state index in [-0.39, 0.29) is 17.3 Å². The molecule has 3 aromatic carbocycles. The number of nitro groups is 1. The summed E-state index contributed by atoms with van der Waals surface area (Å²) in [5.41, 5.74) is 4.04. The molecular formula is C29H31IN2O6S. The van der Waals surface area contributed by atoms with Crippen LogP contribution in [-0.2, 0) is 20.3 Å². The third kappa shape index (κ3) is 9.81. The monoisotopic (exact) mass is 662 g/mol. The number of anilines is 1. The zero-order valence-corrected chi connectivity index (χ0v) is 24.9. The van der Waals surface area contributed by atoms with Gasteiger partial charge in [0, 0.05) is 51.6 Å². The van der Waals surface area contributed by atoms with Crippen LogP contribution in [0.15, 0.2) is 84.9 Å². The number of allylic oxidation sites excluding steroid dienone is 2. The van der Waals surface area contributed by atoms with Crippen LogP contribution in [0.2, 0.25) is 0 Å². The van der Waals surface area contributed by atoms with E-state index in [0.717, 1.165) is 22.4 Å². The Morgan fingerprint density at radius 2 is 1.69 bits per heavy atom. The number of amides is 1. The molecule has 1 amide bonds. The Balaban J connectivity index is 0.000000517. The van der Waals surface area contributed by atoms with Crippen LogP contribution in [0.3, 0.4) is 0 Å². The predicted molar refractivity (Wildman–Crippen MR) is 167 cm³/mol. The molecule has 0 bridgehead atoms. The maximum absolute atomic E-state index is 13.1. The highest BCUT2D eigenvalue weighted by molar-refractivity contribution is 14.2. The Morgan fingerprint density at radius 3 is 2.31 bits per heavy atom. The first-order valence-electron chi connectivity index (χ1n) is 12.2. The first-order valence-corrected chi connectivity index (χ1v) is 15.4. The molecule has 0 atom stereocenters. The van der Waals surface area contributed by atoms with Crippen molar-refractivity contribution in [2.75, 3.05) is 25.2 Å². The van der Waals surface area contributed by atoms with E-state index in [1.165, 1.54) is 21.3 Å². The van der Waals surface area contributed by atoms with Crippen LogP contribution in [-0.4, -0.2) is 36.3 Å². The fraction of sp³-hybridized carbons (Fsp3) is 0.207. The summed E-state index contributed by atoms with van der Waals surface area (Å²) in [6, 6.07) is 20.6. The minimum atomic E-state index is -0.438. The van der Waals surface area contributed by atoms with Crippen LogP contribution in [0.25, 0.3) is 11.6 Å². The Kier molecular flexibility index (Phi) is 14.3. The number of phenols is 1. The third-order valence-electron chi connectivity index (χ3n) is 5.31. The van der Waals surface area contributed by atoms with Crippen LogP contribution in [0.4, 0.5) is 11.4 Å². The van der Waals surface area contributed by atoms with Crippen molar-refractivity contribution < 1.29 is 23.7 Å². The molecule has 0 fully saturated rings. The SMILES string of the molecule is CC.COCCOSI.O=C1/C(=C\C=C\c2ccc([N+](=O)[O-])cc2)c2ccccc2N1Cc1ccc(O)cc1. The number of benzene rings is 3. The Hall–Kier alpha value is -3.19. The van der Waals surface area contributed by atoms with Gasteiger partial charge in [0.25, 0.3) is 11.6 Å². The van der Waals surface area contributed by atoms with Crippen molar-refractivity contribution in [1.29, 1.82) is 0 Å². The van der Waals surface area contributed by atoms with E-state index in [2.05, 4.69) is 21.2 Å². The third-order valence-corrected chi connectivity index (χ3v) is 6.33. The molecule has 8 nitrogen and oxygen atoms in total. The van der Waals surface area contributed by atoms with Gasteiger partial charge in [-0.3, -0.25) is 14.9 Å². The van der Waals surface area contributed by atoms with Crippen molar-refractivity contribution >= 4 is 59.4 Å². The molecule has 1 heterocycles. The number of nitro benzene ring substituents is 1. The van der Waals surface area contributed by atoms with Gasteiger partial charge in [0.2, 0.25) is 0 Å². The van der Waals surface area contributed by atoms with Crippen LogP contribution in [0.5, 0.6) is 5.75 Å². The average Bonchev–Trinajstić information content (AvgIpc) is 3.22. The summed E-state index contributed by atoms with van der Waals surface area (Å²) in [5, 5.41) is 20.2. The number of non-ortho nitro benzene ring substituents is 1. The number of carbonyl (C=O) groups is 1. The van der Waals surface area contributed by atoms with Gasteiger partial charge in [0.15, 0.2) is 0 Å². The van der Waals surface area contributed by atoms with E-state index in [1.54, 1.807) is 66.6 Å². The number of para-hydroxylation sites is 1. The molecule has 39 heavy (non-hydrogen) atoms. The molecule has 0 saturated carbocycles. The number of hydrogen-bond acceptors (Lipinski definition) is 7. The van der Waals surface area contributed by atoms with E-state index in [1.807, 2.05) is 38.1 Å². The van der Waals surface area contributed by atoms with Crippen molar-refractivity contribution in [2.24, 2.45) is 0 Å². The quantitative estimate of drug-likeness (QED) is 0.0628. The summed E-state index contributed by atoms with van der Waals surface area (Å²) in [5.74, 6) is 0.0847. The molecule has 1 aliphatic rings. The van der Waals surface area contributed by atoms with E-state index in [9.17, 15) is 20.0 Å². The minimum Gasteiger partial charge on any atom is -0.508 e. The highest BCUT2D eigenvalue weighted by Crippen LogP contribution is 2.37. The van der Waals surface area contributed by atoms with Crippen molar-refractivity contribution in [2.45, 2.75) is 20.4 Å². The van der Waals surface area contributed by atoms with Crippen LogP contribution in [0.1, 0.15) is 30.5 Å². The Bertz CT molecular complexity index is 1260. The van der Waals surface area contributed by atoms with Gasteiger partial charge in [-0.15, -0.1) is 0 Å². The van der Waals surface area contributed by atoms with Gasteiger partial charge in [-0.25, -0.2) is 0 Å². The van der Waals surface area contributed by atoms with Crippen molar-refractivity contribution in [1.82, 2.24) is 0 Å². The molecule has 4 rings (SSSR count). The Labute approximate surface area is 245 Å². The van der Waals surface area contributed by atoms with Gasteiger partial charge in [0.1, 0.15) is 5.75 Å². The number of rotatable bonds is 9. The van der Waals surface area contributed by atoms with Crippen molar-refractivity contribution in [3.05, 3.63) is 112 Å². The molecule has 10 heteroatoms. The number of carbonyl (C=O) groups excluding carboxylic acids is 1. The lowest BCUT2D eigenvalue weighted by Crippen LogP contribution is -2.25. The number of hydrogen-bond donors (Lipinski definition) is 1.